The van der Waals surface area contributed by atoms with Gasteiger partial charge in [-0.25, -0.2) is 0 Å². The van der Waals surface area contributed by atoms with E-state index in [0.29, 0.717) is 12.0 Å². The zero-order valence-electron chi connectivity index (χ0n) is 14.9. The fourth-order valence-corrected chi connectivity index (χ4v) is 1.77. The molecule has 0 aliphatic heterocycles. The second kappa shape index (κ2) is 12.9. The molecule has 0 saturated heterocycles. The van der Waals surface area contributed by atoms with E-state index in [0.717, 1.165) is 45.2 Å². The second-order valence-corrected chi connectivity index (χ2v) is 5.96. The van der Waals surface area contributed by atoms with E-state index in [1.165, 1.54) is 6.42 Å². The number of guanidine groups is 1. The SMILES string of the molecule is CCC(C)N(C)CCNC(=NC)NCCOCCC(C)C. The van der Waals surface area contributed by atoms with Gasteiger partial charge >= 0.3 is 0 Å². The first-order valence-corrected chi connectivity index (χ1v) is 8.23. The Morgan fingerprint density at radius 2 is 1.81 bits per heavy atom. The molecule has 0 aromatic carbocycles. The fourth-order valence-electron chi connectivity index (χ4n) is 1.77. The van der Waals surface area contributed by atoms with Crippen LogP contribution in [0.25, 0.3) is 0 Å². The van der Waals surface area contributed by atoms with Gasteiger partial charge in [-0.3, -0.25) is 4.99 Å². The number of ether oxygens (including phenoxy) is 1. The molecule has 2 N–H and O–H groups in total. The van der Waals surface area contributed by atoms with Crippen LogP contribution in [0, 0.1) is 5.92 Å². The van der Waals surface area contributed by atoms with Crippen molar-refractivity contribution < 1.29 is 4.74 Å². The number of nitrogens with zero attached hydrogens (tertiary/aromatic N) is 2. The van der Waals surface area contributed by atoms with Gasteiger partial charge in [0.05, 0.1) is 6.61 Å². The zero-order chi connectivity index (χ0) is 16.1. The van der Waals surface area contributed by atoms with Crippen molar-refractivity contribution in [1.29, 1.82) is 0 Å². The minimum atomic E-state index is 0.621. The van der Waals surface area contributed by atoms with Crippen LogP contribution in [0.2, 0.25) is 0 Å². The summed E-state index contributed by atoms with van der Waals surface area (Å²) in [6.07, 6.45) is 2.30. The normalized spacial score (nSPS) is 13.8. The van der Waals surface area contributed by atoms with Crippen molar-refractivity contribution in [3.05, 3.63) is 0 Å². The third kappa shape index (κ3) is 11.5. The van der Waals surface area contributed by atoms with Crippen molar-refractivity contribution in [2.24, 2.45) is 10.9 Å². The number of nitrogens with one attached hydrogen (secondary N) is 2. The van der Waals surface area contributed by atoms with E-state index in [9.17, 15) is 0 Å². The summed E-state index contributed by atoms with van der Waals surface area (Å²) in [4.78, 5) is 6.57. The standard InChI is InChI=1S/C16H36N4O/c1-7-15(4)20(6)11-9-18-16(17-5)19-10-13-21-12-8-14(2)3/h14-15H,7-13H2,1-6H3,(H2,17,18,19). The number of aliphatic imine (C=N–C) groups is 1. The van der Waals surface area contributed by atoms with Gasteiger partial charge in [0.15, 0.2) is 5.96 Å². The molecular formula is C16H36N4O. The molecule has 1 atom stereocenters. The van der Waals surface area contributed by atoms with Crippen LogP contribution < -0.4 is 10.6 Å². The van der Waals surface area contributed by atoms with Gasteiger partial charge in [-0.1, -0.05) is 20.8 Å². The lowest BCUT2D eigenvalue weighted by atomic mass is 10.1. The van der Waals surface area contributed by atoms with Crippen molar-refractivity contribution in [2.75, 3.05) is 46.9 Å². The van der Waals surface area contributed by atoms with E-state index in [4.69, 9.17) is 4.74 Å². The summed E-state index contributed by atoms with van der Waals surface area (Å²) in [6, 6.07) is 0.621. The second-order valence-electron chi connectivity index (χ2n) is 5.96. The maximum atomic E-state index is 5.57. The Morgan fingerprint density at radius 1 is 1.14 bits per heavy atom. The summed E-state index contributed by atoms with van der Waals surface area (Å²) >= 11 is 0. The predicted molar refractivity (Wildman–Crippen MR) is 92.0 cm³/mol. The molecule has 126 valence electrons. The van der Waals surface area contributed by atoms with E-state index in [2.05, 4.69) is 55.3 Å². The molecular weight excluding hydrogens is 264 g/mol. The van der Waals surface area contributed by atoms with Crippen LogP contribution in [0.1, 0.15) is 40.5 Å². The van der Waals surface area contributed by atoms with E-state index < -0.39 is 0 Å². The molecule has 0 aliphatic rings. The molecule has 1 unspecified atom stereocenters. The topological polar surface area (TPSA) is 48.9 Å². The van der Waals surface area contributed by atoms with Crippen LogP contribution in [-0.2, 0) is 4.74 Å². The highest BCUT2D eigenvalue weighted by Crippen LogP contribution is 1.98. The summed E-state index contributed by atoms with van der Waals surface area (Å²) < 4.78 is 5.57. The molecule has 0 radical (unpaired) electrons. The molecule has 0 heterocycles. The van der Waals surface area contributed by atoms with E-state index >= 15 is 0 Å². The van der Waals surface area contributed by atoms with Crippen LogP contribution in [-0.4, -0.2) is 63.8 Å². The Balaban J connectivity index is 3.64. The molecule has 0 bridgehead atoms. The van der Waals surface area contributed by atoms with Crippen molar-refractivity contribution in [3.63, 3.8) is 0 Å². The Bertz CT molecular complexity index is 269. The summed E-state index contributed by atoms with van der Waals surface area (Å²) in [6.45, 7) is 13.2. The van der Waals surface area contributed by atoms with Gasteiger partial charge in [-0.2, -0.15) is 0 Å². The van der Waals surface area contributed by atoms with Gasteiger partial charge in [-0.15, -0.1) is 0 Å². The summed E-state index contributed by atoms with van der Waals surface area (Å²) in [5.41, 5.74) is 0. The first-order chi connectivity index (χ1) is 10.0. The average Bonchev–Trinajstić information content (AvgIpc) is 2.47. The minimum Gasteiger partial charge on any atom is -0.380 e. The lowest BCUT2D eigenvalue weighted by molar-refractivity contribution is 0.128. The number of hydrogen-bond donors (Lipinski definition) is 2. The van der Waals surface area contributed by atoms with Crippen molar-refractivity contribution >= 4 is 5.96 Å². The lowest BCUT2D eigenvalue weighted by Crippen LogP contribution is -2.43. The summed E-state index contributed by atoms with van der Waals surface area (Å²) in [5, 5.41) is 6.60. The largest absolute Gasteiger partial charge is 0.380 e. The number of likely N-dealkylation sites (N-methyl/N-ethyl adjacent to an activating group) is 1. The molecule has 0 aliphatic carbocycles. The molecule has 0 amide bonds. The fraction of sp³-hybridized carbons (Fsp3) is 0.938. The van der Waals surface area contributed by atoms with Gasteiger partial charge in [-0.05, 0) is 32.7 Å². The van der Waals surface area contributed by atoms with Crippen molar-refractivity contribution in [2.45, 2.75) is 46.6 Å². The average molecular weight is 300 g/mol. The Hall–Kier alpha value is -0.810. The quantitative estimate of drug-likeness (QED) is 0.348. The van der Waals surface area contributed by atoms with E-state index in [-0.39, 0.29) is 0 Å². The predicted octanol–water partition coefficient (Wildman–Crippen LogP) is 1.94. The third-order valence-electron chi connectivity index (χ3n) is 3.70. The summed E-state index contributed by atoms with van der Waals surface area (Å²) in [5.74, 6) is 1.55. The van der Waals surface area contributed by atoms with Gasteiger partial charge in [0, 0.05) is 39.3 Å². The smallest absolute Gasteiger partial charge is 0.191 e. The van der Waals surface area contributed by atoms with Crippen LogP contribution in [0.3, 0.4) is 0 Å². The molecule has 5 nitrogen and oxygen atoms in total. The van der Waals surface area contributed by atoms with Crippen LogP contribution in [0.15, 0.2) is 4.99 Å². The van der Waals surface area contributed by atoms with E-state index in [1.54, 1.807) is 7.05 Å². The Morgan fingerprint density at radius 3 is 2.38 bits per heavy atom. The molecule has 0 saturated carbocycles. The Labute approximate surface area is 131 Å². The first kappa shape index (κ1) is 20.2. The summed E-state index contributed by atoms with van der Waals surface area (Å²) in [7, 11) is 3.96. The highest BCUT2D eigenvalue weighted by Gasteiger charge is 2.06. The highest BCUT2D eigenvalue weighted by atomic mass is 16.5. The molecule has 0 fully saturated rings. The van der Waals surface area contributed by atoms with Crippen LogP contribution >= 0.6 is 0 Å². The number of hydrogen-bond acceptors (Lipinski definition) is 3. The van der Waals surface area contributed by atoms with Gasteiger partial charge in [0.25, 0.3) is 0 Å². The van der Waals surface area contributed by atoms with Crippen LogP contribution in [0.4, 0.5) is 0 Å². The molecule has 0 aromatic heterocycles. The molecule has 0 rings (SSSR count). The zero-order valence-corrected chi connectivity index (χ0v) is 14.9. The lowest BCUT2D eigenvalue weighted by Gasteiger charge is -2.24. The number of rotatable bonds is 11. The highest BCUT2D eigenvalue weighted by molar-refractivity contribution is 5.79. The third-order valence-corrected chi connectivity index (χ3v) is 3.70. The van der Waals surface area contributed by atoms with Gasteiger partial charge in [0.2, 0.25) is 0 Å². The van der Waals surface area contributed by atoms with Crippen LogP contribution in [0.5, 0.6) is 0 Å². The molecule has 0 aromatic rings. The first-order valence-electron chi connectivity index (χ1n) is 8.23. The Kier molecular flexibility index (Phi) is 12.4. The molecule has 5 heteroatoms. The van der Waals surface area contributed by atoms with Gasteiger partial charge in [0.1, 0.15) is 0 Å². The maximum Gasteiger partial charge on any atom is 0.191 e. The monoisotopic (exact) mass is 300 g/mol. The van der Waals surface area contributed by atoms with Gasteiger partial charge < -0.3 is 20.3 Å². The molecule has 0 spiro atoms. The minimum absolute atomic E-state index is 0.621. The van der Waals surface area contributed by atoms with Crippen molar-refractivity contribution in [3.8, 4) is 0 Å². The van der Waals surface area contributed by atoms with Crippen molar-refractivity contribution in [1.82, 2.24) is 15.5 Å². The van der Waals surface area contributed by atoms with E-state index in [1.807, 2.05) is 0 Å². The molecule has 21 heavy (non-hydrogen) atoms. The maximum absolute atomic E-state index is 5.57.